The van der Waals surface area contributed by atoms with E-state index < -0.39 is 0 Å². The maximum Gasteiger partial charge on any atom is 0.150 e. The fraction of sp³-hybridized carbons (Fsp3) is 0.250. The Morgan fingerprint density at radius 3 is 3.12 bits per heavy atom. The molecule has 1 N–H and O–H groups in total. The summed E-state index contributed by atoms with van der Waals surface area (Å²) < 4.78 is 14.5. The van der Waals surface area contributed by atoms with Crippen molar-refractivity contribution < 1.29 is 4.39 Å². The fourth-order valence-corrected chi connectivity index (χ4v) is 2.63. The third-order valence-electron chi connectivity index (χ3n) is 2.96. The molecule has 0 spiro atoms. The molecule has 4 heteroatoms. The molecular formula is C12H10BrFN2. The zero-order valence-electron chi connectivity index (χ0n) is 8.56. The highest BCUT2D eigenvalue weighted by atomic mass is 79.9. The predicted octanol–water partition coefficient (Wildman–Crippen LogP) is 2.78. The first-order chi connectivity index (χ1) is 7.75. The summed E-state index contributed by atoms with van der Waals surface area (Å²) in [5, 5.41) is 4.23. The number of nitrogens with one attached hydrogen (secondary N) is 1. The zero-order valence-corrected chi connectivity index (χ0v) is 10.1. The van der Waals surface area contributed by atoms with E-state index in [-0.39, 0.29) is 5.82 Å². The Morgan fingerprint density at radius 1 is 1.38 bits per heavy atom. The van der Waals surface area contributed by atoms with E-state index >= 15 is 0 Å². The van der Waals surface area contributed by atoms with Gasteiger partial charge in [-0.25, -0.2) is 4.39 Å². The summed E-state index contributed by atoms with van der Waals surface area (Å²) in [5.41, 5.74) is 2.88. The van der Waals surface area contributed by atoms with Crippen molar-refractivity contribution >= 4 is 26.8 Å². The molecule has 1 aliphatic rings. The molecule has 82 valence electrons. The topological polar surface area (TPSA) is 24.9 Å². The minimum Gasteiger partial charge on any atom is -0.312 e. The summed E-state index contributed by atoms with van der Waals surface area (Å²) >= 11 is 3.33. The average Bonchev–Trinajstić information content (AvgIpc) is 2.28. The molecule has 0 radical (unpaired) electrons. The van der Waals surface area contributed by atoms with Crippen molar-refractivity contribution in [2.75, 3.05) is 6.54 Å². The molecule has 1 aliphatic heterocycles. The first kappa shape index (κ1) is 10.2. The van der Waals surface area contributed by atoms with Crippen LogP contribution in [0.3, 0.4) is 0 Å². The number of halogens is 2. The second-order valence-electron chi connectivity index (χ2n) is 3.97. The average molecular weight is 281 g/mol. The molecule has 3 rings (SSSR count). The normalized spacial score (nSPS) is 15.1. The molecule has 2 heterocycles. The van der Waals surface area contributed by atoms with Crippen LogP contribution in [-0.2, 0) is 13.0 Å². The quantitative estimate of drug-likeness (QED) is 0.803. The minimum atomic E-state index is -0.259. The van der Waals surface area contributed by atoms with Crippen LogP contribution < -0.4 is 5.32 Å². The molecule has 1 aromatic heterocycles. The monoisotopic (exact) mass is 280 g/mol. The highest BCUT2D eigenvalue weighted by Crippen LogP contribution is 2.28. The van der Waals surface area contributed by atoms with Gasteiger partial charge in [-0.15, -0.1) is 0 Å². The van der Waals surface area contributed by atoms with Crippen molar-refractivity contribution in [1.82, 2.24) is 10.3 Å². The van der Waals surface area contributed by atoms with Crippen LogP contribution >= 0.6 is 15.9 Å². The van der Waals surface area contributed by atoms with Crippen LogP contribution in [0, 0.1) is 5.82 Å². The van der Waals surface area contributed by atoms with Gasteiger partial charge in [-0.2, -0.15) is 0 Å². The summed E-state index contributed by atoms with van der Waals surface area (Å²) in [6.07, 6.45) is 2.71. The molecule has 1 aromatic carbocycles. The molecule has 0 saturated heterocycles. The number of hydrogen-bond donors (Lipinski definition) is 1. The largest absolute Gasteiger partial charge is 0.312 e. The van der Waals surface area contributed by atoms with Gasteiger partial charge in [-0.3, -0.25) is 4.98 Å². The van der Waals surface area contributed by atoms with Gasteiger partial charge in [0.15, 0.2) is 5.82 Å². The second-order valence-corrected chi connectivity index (χ2v) is 4.89. The van der Waals surface area contributed by atoms with E-state index in [1.807, 2.05) is 6.07 Å². The summed E-state index contributed by atoms with van der Waals surface area (Å²) in [5.74, 6) is -0.259. The molecular weight excluding hydrogens is 271 g/mol. The highest BCUT2D eigenvalue weighted by Gasteiger charge is 2.15. The van der Waals surface area contributed by atoms with Crippen LogP contribution in [0.25, 0.3) is 10.9 Å². The number of nitrogens with zero attached hydrogens (tertiary/aromatic N) is 1. The summed E-state index contributed by atoms with van der Waals surface area (Å²) in [6, 6.07) is 3.42. The standard InChI is InChI=1S/C12H10BrFN2/c13-8-3-10-9-1-2-15-5-7(9)6-16-12(10)11(14)4-8/h3-4,6,15H,1-2,5H2. The third kappa shape index (κ3) is 1.53. The van der Waals surface area contributed by atoms with Crippen molar-refractivity contribution in [3.8, 4) is 0 Å². The Kier molecular flexibility index (Phi) is 2.41. The van der Waals surface area contributed by atoms with Gasteiger partial charge in [0.1, 0.15) is 5.52 Å². The number of benzene rings is 1. The number of hydrogen-bond acceptors (Lipinski definition) is 2. The first-order valence-electron chi connectivity index (χ1n) is 5.22. The lowest BCUT2D eigenvalue weighted by Crippen LogP contribution is -2.24. The van der Waals surface area contributed by atoms with Crippen molar-refractivity contribution in [3.63, 3.8) is 0 Å². The molecule has 0 fully saturated rings. The smallest absolute Gasteiger partial charge is 0.150 e. The summed E-state index contributed by atoms with van der Waals surface area (Å²) in [4.78, 5) is 4.20. The molecule has 0 bridgehead atoms. The van der Waals surface area contributed by atoms with Crippen LogP contribution in [0.4, 0.5) is 4.39 Å². The minimum absolute atomic E-state index is 0.259. The molecule has 0 atom stereocenters. The Morgan fingerprint density at radius 2 is 2.25 bits per heavy atom. The van der Waals surface area contributed by atoms with E-state index in [0.29, 0.717) is 5.52 Å². The lowest BCUT2D eigenvalue weighted by atomic mass is 9.98. The maximum atomic E-state index is 13.7. The molecule has 2 aromatic rings. The molecule has 0 amide bonds. The Labute approximate surface area is 101 Å². The van der Waals surface area contributed by atoms with Gasteiger partial charge in [0.05, 0.1) is 0 Å². The van der Waals surface area contributed by atoms with E-state index in [1.165, 1.54) is 17.2 Å². The van der Waals surface area contributed by atoms with Crippen molar-refractivity contribution in [2.24, 2.45) is 0 Å². The molecule has 0 aliphatic carbocycles. The van der Waals surface area contributed by atoms with Gasteiger partial charge in [0.2, 0.25) is 0 Å². The number of fused-ring (bicyclic) bond motifs is 3. The fourth-order valence-electron chi connectivity index (χ4n) is 2.20. The zero-order chi connectivity index (χ0) is 11.1. The van der Waals surface area contributed by atoms with Crippen LogP contribution in [0.2, 0.25) is 0 Å². The lowest BCUT2D eigenvalue weighted by Gasteiger charge is -2.18. The van der Waals surface area contributed by atoms with Crippen molar-refractivity contribution in [1.29, 1.82) is 0 Å². The molecule has 0 saturated carbocycles. The predicted molar refractivity (Wildman–Crippen MR) is 64.8 cm³/mol. The Balaban J connectivity index is 2.38. The number of pyridine rings is 1. The van der Waals surface area contributed by atoms with Gasteiger partial charge < -0.3 is 5.32 Å². The second kappa shape index (κ2) is 3.79. The SMILES string of the molecule is Fc1cc(Br)cc2c3c(cnc12)CNCC3. The summed E-state index contributed by atoms with van der Waals surface area (Å²) in [6.45, 7) is 1.77. The number of aromatic nitrogens is 1. The van der Waals surface area contributed by atoms with Crippen LogP contribution in [0.1, 0.15) is 11.1 Å². The van der Waals surface area contributed by atoms with Crippen molar-refractivity contribution in [3.05, 3.63) is 39.7 Å². The Bertz CT molecular complexity index is 568. The van der Waals surface area contributed by atoms with Gasteiger partial charge in [-0.05, 0) is 36.2 Å². The van der Waals surface area contributed by atoms with E-state index in [9.17, 15) is 4.39 Å². The van der Waals surface area contributed by atoms with Gasteiger partial charge in [0, 0.05) is 22.6 Å². The van der Waals surface area contributed by atoms with E-state index in [4.69, 9.17) is 0 Å². The number of rotatable bonds is 0. The molecule has 0 unspecified atom stereocenters. The van der Waals surface area contributed by atoms with Gasteiger partial charge >= 0.3 is 0 Å². The highest BCUT2D eigenvalue weighted by molar-refractivity contribution is 9.10. The molecule has 2 nitrogen and oxygen atoms in total. The van der Waals surface area contributed by atoms with Crippen LogP contribution in [0.15, 0.2) is 22.8 Å². The van der Waals surface area contributed by atoms with E-state index in [0.717, 1.165) is 29.4 Å². The van der Waals surface area contributed by atoms with Crippen LogP contribution in [0.5, 0.6) is 0 Å². The van der Waals surface area contributed by atoms with Gasteiger partial charge in [-0.1, -0.05) is 15.9 Å². The van der Waals surface area contributed by atoms with Crippen LogP contribution in [-0.4, -0.2) is 11.5 Å². The van der Waals surface area contributed by atoms with Crippen molar-refractivity contribution in [2.45, 2.75) is 13.0 Å². The third-order valence-corrected chi connectivity index (χ3v) is 3.42. The molecule has 16 heavy (non-hydrogen) atoms. The van der Waals surface area contributed by atoms with Gasteiger partial charge in [0.25, 0.3) is 0 Å². The Hall–Kier alpha value is -1.00. The first-order valence-corrected chi connectivity index (χ1v) is 6.01. The van der Waals surface area contributed by atoms with E-state index in [1.54, 1.807) is 6.20 Å². The summed E-state index contributed by atoms with van der Waals surface area (Å²) in [7, 11) is 0. The van der Waals surface area contributed by atoms with E-state index in [2.05, 4.69) is 26.2 Å². The maximum absolute atomic E-state index is 13.7. The lowest BCUT2D eigenvalue weighted by molar-refractivity contribution is 0.630.